The molecule has 1 rings (SSSR count). The lowest BCUT2D eigenvalue weighted by molar-refractivity contribution is -0.141. The van der Waals surface area contributed by atoms with E-state index >= 15 is 0 Å². The number of aryl methyl sites for hydroxylation is 2. The molecule has 1 amide bonds. The number of amides is 1. The van der Waals surface area contributed by atoms with Crippen molar-refractivity contribution in [3.05, 3.63) is 23.0 Å². The Hall–Kier alpha value is -2.02. The van der Waals surface area contributed by atoms with E-state index in [4.69, 9.17) is 5.11 Å². The highest BCUT2D eigenvalue weighted by molar-refractivity contribution is 5.95. The molecule has 104 valence electrons. The Morgan fingerprint density at radius 3 is 2.58 bits per heavy atom. The molecule has 0 fully saturated rings. The number of aliphatic hydroxyl groups is 1. The van der Waals surface area contributed by atoms with Crippen LogP contribution in [0.4, 0.5) is 0 Å². The number of carboxylic acid groups (broad SMARTS) is 1. The van der Waals surface area contributed by atoms with Crippen LogP contribution in [0.1, 0.15) is 35.1 Å². The van der Waals surface area contributed by atoms with Crippen molar-refractivity contribution < 1.29 is 19.8 Å². The molecule has 0 aliphatic rings. The van der Waals surface area contributed by atoms with Gasteiger partial charge in [-0.1, -0.05) is 0 Å². The number of nitrogens with zero attached hydrogens (tertiary/aromatic N) is 2. The molecule has 0 saturated heterocycles. The highest BCUT2D eigenvalue weighted by Crippen LogP contribution is 2.09. The Balaban J connectivity index is 2.70. The molecule has 1 unspecified atom stereocenters. The van der Waals surface area contributed by atoms with Crippen molar-refractivity contribution in [1.29, 1.82) is 0 Å². The molecule has 3 N–H and O–H groups in total. The summed E-state index contributed by atoms with van der Waals surface area (Å²) in [5.41, 5.74) is -0.0575. The summed E-state index contributed by atoms with van der Waals surface area (Å²) in [6.07, 6.45) is -0.445. The van der Waals surface area contributed by atoms with Gasteiger partial charge < -0.3 is 15.5 Å². The first-order chi connectivity index (χ1) is 8.71. The summed E-state index contributed by atoms with van der Waals surface area (Å²) in [6.45, 7) is 4.56. The van der Waals surface area contributed by atoms with Crippen LogP contribution in [-0.4, -0.2) is 44.4 Å². The van der Waals surface area contributed by atoms with Gasteiger partial charge in [0.05, 0.1) is 29.0 Å². The van der Waals surface area contributed by atoms with Gasteiger partial charge in [-0.25, -0.2) is 0 Å². The van der Waals surface area contributed by atoms with E-state index in [1.54, 1.807) is 19.9 Å². The third kappa shape index (κ3) is 4.63. The highest BCUT2D eigenvalue weighted by atomic mass is 16.4. The molecular weight excluding hydrogens is 250 g/mol. The van der Waals surface area contributed by atoms with Crippen molar-refractivity contribution in [3.8, 4) is 0 Å². The zero-order chi connectivity index (χ0) is 14.6. The summed E-state index contributed by atoms with van der Waals surface area (Å²) < 4.78 is 0. The molecule has 1 aromatic rings. The van der Waals surface area contributed by atoms with Gasteiger partial charge in [0.25, 0.3) is 5.91 Å². The molecule has 0 aliphatic heterocycles. The van der Waals surface area contributed by atoms with Gasteiger partial charge in [-0.3, -0.25) is 9.59 Å². The van der Waals surface area contributed by atoms with Crippen molar-refractivity contribution >= 4 is 11.9 Å². The Labute approximate surface area is 110 Å². The number of hydrogen-bond acceptors (Lipinski definition) is 5. The van der Waals surface area contributed by atoms with Gasteiger partial charge in [0.2, 0.25) is 0 Å². The molecule has 0 spiro atoms. The third-order valence-electron chi connectivity index (χ3n) is 2.51. The number of hydrogen-bond donors (Lipinski definition) is 3. The number of nitrogens with one attached hydrogen (secondary N) is 1. The quantitative estimate of drug-likeness (QED) is 0.694. The largest absolute Gasteiger partial charge is 0.481 e. The summed E-state index contributed by atoms with van der Waals surface area (Å²) in [5, 5.41) is 28.5. The Morgan fingerprint density at radius 1 is 1.37 bits per heavy atom. The molecule has 19 heavy (non-hydrogen) atoms. The summed E-state index contributed by atoms with van der Waals surface area (Å²) in [5.74, 6) is -1.54. The van der Waals surface area contributed by atoms with Crippen LogP contribution in [-0.2, 0) is 4.79 Å². The zero-order valence-electron chi connectivity index (χ0n) is 11.1. The second kappa shape index (κ2) is 5.75. The number of carbonyl (C=O) groups excluding carboxylic acids is 1. The van der Waals surface area contributed by atoms with Crippen LogP contribution in [0.2, 0.25) is 0 Å². The minimum absolute atomic E-state index is 0.154. The van der Waals surface area contributed by atoms with Gasteiger partial charge in [-0.2, -0.15) is 10.2 Å². The van der Waals surface area contributed by atoms with Crippen molar-refractivity contribution in [3.63, 3.8) is 0 Å². The van der Waals surface area contributed by atoms with Gasteiger partial charge in [-0.15, -0.1) is 0 Å². The van der Waals surface area contributed by atoms with Crippen LogP contribution in [0.5, 0.6) is 0 Å². The molecule has 0 aromatic carbocycles. The van der Waals surface area contributed by atoms with Crippen molar-refractivity contribution in [2.24, 2.45) is 0 Å². The maximum absolute atomic E-state index is 11.9. The number of carbonyl (C=O) groups is 2. The van der Waals surface area contributed by atoms with Crippen molar-refractivity contribution in [1.82, 2.24) is 15.5 Å². The fourth-order valence-corrected chi connectivity index (χ4v) is 1.53. The van der Waals surface area contributed by atoms with E-state index < -0.39 is 23.9 Å². The number of aliphatic carboxylic acids is 1. The Morgan fingerprint density at radius 2 is 2.00 bits per heavy atom. The number of aromatic nitrogens is 2. The lowest BCUT2D eigenvalue weighted by Gasteiger charge is -2.21. The molecule has 1 heterocycles. The fraction of sp³-hybridized carbons (Fsp3) is 0.500. The van der Waals surface area contributed by atoms with Crippen LogP contribution in [0.15, 0.2) is 6.07 Å². The average molecular weight is 267 g/mol. The summed E-state index contributed by atoms with van der Waals surface area (Å²) >= 11 is 0. The summed E-state index contributed by atoms with van der Waals surface area (Å²) in [4.78, 5) is 22.5. The molecule has 1 aromatic heterocycles. The zero-order valence-corrected chi connectivity index (χ0v) is 11.1. The van der Waals surface area contributed by atoms with Crippen LogP contribution >= 0.6 is 0 Å². The number of rotatable bonds is 5. The van der Waals surface area contributed by atoms with Gasteiger partial charge in [0.1, 0.15) is 0 Å². The molecule has 7 heteroatoms. The fourth-order valence-electron chi connectivity index (χ4n) is 1.53. The van der Waals surface area contributed by atoms with Gasteiger partial charge in [0.15, 0.2) is 0 Å². The van der Waals surface area contributed by atoms with E-state index in [-0.39, 0.29) is 6.54 Å². The summed E-state index contributed by atoms with van der Waals surface area (Å²) in [7, 11) is 0. The normalized spacial score (nSPS) is 13.7. The third-order valence-corrected chi connectivity index (χ3v) is 2.51. The molecule has 7 nitrogen and oxygen atoms in total. The molecular formula is C12H17N3O4. The van der Waals surface area contributed by atoms with E-state index in [2.05, 4.69) is 15.5 Å². The topological polar surface area (TPSA) is 112 Å². The van der Waals surface area contributed by atoms with Crippen LogP contribution < -0.4 is 5.32 Å². The SMILES string of the molecule is Cc1cc(C(=O)NCC(C)(O)CC(=O)O)c(C)nn1. The maximum Gasteiger partial charge on any atom is 0.306 e. The first-order valence-electron chi connectivity index (χ1n) is 5.74. The molecule has 0 bridgehead atoms. The lowest BCUT2D eigenvalue weighted by atomic mass is 10.0. The van der Waals surface area contributed by atoms with E-state index in [1.165, 1.54) is 6.92 Å². The Bertz CT molecular complexity index is 500. The van der Waals surface area contributed by atoms with Gasteiger partial charge in [0, 0.05) is 6.54 Å². The van der Waals surface area contributed by atoms with Gasteiger partial charge >= 0.3 is 5.97 Å². The molecule has 0 saturated carbocycles. The molecule has 0 aliphatic carbocycles. The predicted octanol–water partition coefficient (Wildman–Crippen LogP) is 0.0489. The van der Waals surface area contributed by atoms with Crippen LogP contribution in [0, 0.1) is 13.8 Å². The minimum atomic E-state index is -1.50. The number of carboxylic acids is 1. The van der Waals surface area contributed by atoms with Crippen LogP contribution in [0.25, 0.3) is 0 Å². The maximum atomic E-state index is 11.9. The van der Waals surface area contributed by atoms with Crippen molar-refractivity contribution in [2.45, 2.75) is 32.8 Å². The second-order valence-corrected chi connectivity index (χ2v) is 4.73. The van der Waals surface area contributed by atoms with E-state index in [1.807, 2.05) is 0 Å². The molecule has 0 radical (unpaired) electrons. The minimum Gasteiger partial charge on any atom is -0.481 e. The van der Waals surface area contributed by atoms with Gasteiger partial charge in [-0.05, 0) is 26.8 Å². The van der Waals surface area contributed by atoms with E-state index in [9.17, 15) is 14.7 Å². The average Bonchev–Trinajstić information content (AvgIpc) is 2.27. The Kier molecular flexibility index (Phi) is 4.55. The summed E-state index contributed by atoms with van der Waals surface area (Å²) in [6, 6.07) is 1.59. The lowest BCUT2D eigenvalue weighted by Crippen LogP contribution is -2.42. The standard InChI is InChI=1S/C12H17N3O4/c1-7-4-9(8(2)15-14-7)11(18)13-6-12(3,19)5-10(16)17/h4,19H,5-6H2,1-3H3,(H,13,18)(H,16,17). The van der Waals surface area contributed by atoms with E-state index in [0.717, 1.165) is 0 Å². The first-order valence-corrected chi connectivity index (χ1v) is 5.74. The first kappa shape index (κ1) is 15.0. The monoisotopic (exact) mass is 267 g/mol. The predicted molar refractivity (Wildman–Crippen MR) is 66.7 cm³/mol. The molecule has 1 atom stereocenters. The smallest absolute Gasteiger partial charge is 0.306 e. The van der Waals surface area contributed by atoms with Crippen molar-refractivity contribution in [2.75, 3.05) is 6.54 Å². The second-order valence-electron chi connectivity index (χ2n) is 4.73. The highest BCUT2D eigenvalue weighted by Gasteiger charge is 2.25. The van der Waals surface area contributed by atoms with Crippen LogP contribution in [0.3, 0.4) is 0 Å². The van der Waals surface area contributed by atoms with E-state index in [0.29, 0.717) is 17.0 Å².